The number of carbonyl (C=O) groups is 1. The van der Waals surface area contributed by atoms with Gasteiger partial charge in [0.2, 0.25) is 5.91 Å². The van der Waals surface area contributed by atoms with E-state index in [1.54, 1.807) is 24.3 Å². The molecule has 6 heteroatoms. The smallest absolute Gasteiger partial charge is 0.408 e. The Morgan fingerprint density at radius 3 is 2.89 bits per heavy atom. The molecule has 0 saturated heterocycles. The third-order valence-electron chi connectivity index (χ3n) is 3.35. The number of fused-ring (bicyclic) bond motifs is 1. The van der Waals surface area contributed by atoms with Crippen LogP contribution in [0.15, 0.2) is 33.5 Å². The third-order valence-corrected chi connectivity index (χ3v) is 3.35. The lowest BCUT2D eigenvalue weighted by atomic mass is 9.89. The maximum absolute atomic E-state index is 11.8. The van der Waals surface area contributed by atoms with Crippen molar-refractivity contribution in [3.8, 4) is 0 Å². The normalized spacial score (nSPS) is 22.2. The number of hydrogen-bond donors (Lipinski definition) is 2. The Bertz CT molecular complexity index is 667. The van der Waals surface area contributed by atoms with Gasteiger partial charge < -0.3 is 14.8 Å². The predicted octanol–water partition coefficient (Wildman–Crippen LogP) is 0.234. The zero-order chi connectivity index (χ0) is 13.4. The molecule has 1 heterocycles. The summed E-state index contributed by atoms with van der Waals surface area (Å²) in [5.74, 6) is -0.782. The summed E-state index contributed by atoms with van der Waals surface area (Å²) in [4.78, 5) is 23.5. The molecule has 1 fully saturated rings. The van der Waals surface area contributed by atoms with Crippen LogP contribution in [0.5, 0.6) is 0 Å². The standard InChI is InChI=1S/C13H14N2O4/c16-9-5-8(6-9)14-12(17)7-15-10-3-1-2-4-11(10)19-13(15)18/h1-4,8-9,16H,5-7H2,(H,14,17). The van der Waals surface area contributed by atoms with Crippen LogP contribution in [0.4, 0.5) is 0 Å². The van der Waals surface area contributed by atoms with Crippen molar-refractivity contribution in [2.75, 3.05) is 0 Å². The number of aliphatic hydroxyl groups excluding tert-OH is 1. The van der Waals surface area contributed by atoms with Gasteiger partial charge in [-0.05, 0) is 25.0 Å². The van der Waals surface area contributed by atoms with Crippen LogP contribution in [-0.2, 0) is 11.3 Å². The number of aromatic nitrogens is 1. The molecule has 0 bridgehead atoms. The van der Waals surface area contributed by atoms with Gasteiger partial charge in [-0.2, -0.15) is 0 Å². The molecule has 0 radical (unpaired) electrons. The van der Waals surface area contributed by atoms with E-state index in [2.05, 4.69) is 5.32 Å². The molecule has 0 atom stereocenters. The summed E-state index contributed by atoms with van der Waals surface area (Å²) in [6.07, 6.45) is 0.835. The van der Waals surface area contributed by atoms with E-state index in [0.717, 1.165) is 0 Å². The van der Waals surface area contributed by atoms with E-state index in [4.69, 9.17) is 9.52 Å². The lowest BCUT2D eigenvalue weighted by Gasteiger charge is -2.31. The van der Waals surface area contributed by atoms with Crippen LogP contribution < -0.4 is 11.1 Å². The number of aliphatic hydroxyl groups is 1. The SMILES string of the molecule is O=C(Cn1c(=O)oc2ccccc21)NC1CC(O)C1. The number of nitrogens with zero attached hydrogens (tertiary/aromatic N) is 1. The van der Waals surface area contributed by atoms with Crippen molar-refractivity contribution < 1.29 is 14.3 Å². The Kier molecular flexibility index (Phi) is 2.87. The highest BCUT2D eigenvalue weighted by molar-refractivity contribution is 5.79. The summed E-state index contributed by atoms with van der Waals surface area (Å²) in [5.41, 5.74) is 1.08. The van der Waals surface area contributed by atoms with Gasteiger partial charge >= 0.3 is 5.76 Å². The van der Waals surface area contributed by atoms with Crippen LogP contribution in [0, 0.1) is 0 Å². The first kappa shape index (κ1) is 12.0. The number of para-hydroxylation sites is 2. The molecule has 1 aliphatic rings. The van der Waals surface area contributed by atoms with Crippen LogP contribution in [0.2, 0.25) is 0 Å². The van der Waals surface area contributed by atoms with Crippen molar-refractivity contribution in [2.45, 2.75) is 31.5 Å². The number of rotatable bonds is 3. The zero-order valence-corrected chi connectivity index (χ0v) is 10.2. The van der Waals surface area contributed by atoms with Crippen molar-refractivity contribution >= 4 is 17.0 Å². The molecule has 1 amide bonds. The molecule has 1 aliphatic carbocycles. The van der Waals surface area contributed by atoms with Crippen LogP contribution >= 0.6 is 0 Å². The van der Waals surface area contributed by atoms with Gasteiger partial charge in [0.05, 0.1) is 11.6 Å². The Labute approximate surface area is 108 Å². The number of carbonyl (C=O) groups excluding carboxylic acids is 1. The second-order valence-corrected chi connectivity index (χ2v) is 4.81. The molecule has 100 valence electrons. The zero-order valence-electron chi connectivity index (χ0n) is 10.2. The molecular weight excluding hydrogens is 248 g/mol. The minimum Gasteiger partial charge on any atom is -0.408 e. The van der Waals surface area contributed by atoms with Crippen molar-refractivity contribution in [3.05, 3.63) is 34.8 Å². The van der Waals surface area contributed by atoms with Gasteiger partial charge in [0.1, 0.15) is 6.54 Å². The average Bonchev–Trinajstić information content (AvgIpc) is 2.64. The number of benzene rings is 1. The first-order valence-corrected chi connectivity index (χ1v) is 6.19. The molecule has 0 unspecified atom stereocenters. The summed E-state index contributed by atoms with van der Waals surface area (Å²) in [6.45, 7) is -0.0670. The topological polar surface area (TPSA) is 84.5 Å². The molecule has 0 spiro atoms. The summed E-state index contributed by atoms with van der Waals surface area (Å²) in [6, 6.07) is 6.99. The van der Waals surface area contributed by atoms with E-state index in [0.29, 0.717) is 23.9 Å². The van der Waals surface area contributed by atoms with E-state index in [9.17, 15) is 9.59 Å². The van der Waals surface area contributed by atoms with Gasteiger partial charge in [0.15, 0.2) is 5.58 Å². The van der Waals surface area contributed by atoms with Crippen LogP contribution in [0.25, 0.3) is 11.1 Å². The van der Waals surface area contributed by atoms with Crippen molar-refractivity contribution in [2.24, 2.45) is 0 Å². The maximum Gasteiger partial charge on any atom is 0.420 e. The van der Waals surface area contributed by atoms with E-state index in [1.807, 2.05) is 0 Å². The minimum atomic E-state index is -0.537. The molecule has 3 rings (SSSR count). The molecule has 1 aromatic carbocycles. The fourth-order valence-corrected chi connectivity index (χ4v) is 2.29. The molecule has 2 N–H and O–H groups in total. The van der Waals surface area contributed by atoms with Gasteiger partial charge in [0, 0.05) is 6.04 Å². The van der Waals surface area contributed by atoms with Crippen molar-refractivity contribution in [3.63, 3.8) is 0 Å². The van der Waals surface area contributed by atoms with Gasteiger partial charge in [-0.1, -0.05) is 12.1 Å². The largest absolute Gasteiger partial charge is 0.420 e. The molecule has 2 aromatic rings. The Morgan fingerprint density at radius 2 is 2.16 bits per heavy atom. The van der Waals surface area contributed by atoms with Crippen molar-refractivity contribution in [1.82, 2.24) is 9.88 Å². The summed E-state index contributed by atoms with van der Waals surface area (Å²) in [5, 5.41) is 11.9. The lowest BCUT2D eigenvalue weighted by molar-refractivity contribution is -0.123. The third kappa shape index (κ3) is 2.26. The van der Waals surface area contributed by atoms with Crippen LogP contribution in [0.1, 0.15) is 12.8 Å². The van der Waals surface area contributed by atoms with Gasteiger partial charge in [0.25, 0.3) is 0 Å². The number of amides is 1. The predicted molar refractivity (Wildman–Crippen MR) is 67.6 cm³/mol. The molecule has 1 aromatic heterocycles. The Balaban J connectivity index is 1.76. The first-order chi connectivity index (χ1) is 9.13. The maximum atomic E-state index is 11.8. The summed E-state index contributed by atoms with van der Waals surface area (Å²) < 4.78 is 6.35. The van der Waals surface area contributed by atoms with Gasteiger partial charge in [-0.15, -0.1) is 0 Å². The first-order valence-electron chi connectivity index (χ1n) is 6.19. The highest BCUT2D eigenvalue weighted by Gasteiger charge is 2.28. The molecule has 6 nitrogen and oxygen atoms in total. The number of oxazole rings is 1. The highest BCUT2D eigenvalue weighted by Crippen LogP contribution is 2.19. The fourth-order valence-electron chi connectivity index (χ4n) is 2.29. The van der Waals surface area contributed by atoms with E-state index in [-0.39, 0.29) is 24.6 Å². The Hall–Kier alpha value is -2.08. The molecule has 19 heavy (non-hydrogen) atoms. The van der Waals surface area contributed by atoms with Crippen LogP contribution in [0.3, 0.4) is 0 Å². The average molecular weight is 262 g/mol. The molecule has 1 saturated carbocycles. The monoisotopic (exact) mass is 262 g/mol. The second kappa shape index (κ2) is 4.55. The minimum absolute atomic E-state index is 0.0105. The molecular formula is C13H14N2O4. The number of nitrogens with one attached hydrogen (secondary N) is 1. The lowest BCUT2D eigenvalue weighted by Crippen LogP contribution is -2.48. The summed E-state index contributed by atoms with van der Waals surface area (Å²) in [7, 11) is 0. The quantitative estimate of drug-likeness (QED) is 0.829. The second-order valence-electron chi connectivity index (χ2n) is 4.81. The van der Waals surface area contributed by atoms with Crippen molar-refractivity contribution in [1.29, 1.82) is 0 Å². The van der Waals surface area contributed by atoms with Gasteiger partial charge in [-0.25, -0.2) is 4.79 Å². The number of hydrogen-bond acceptors (Lipinski definition) is 4. The van der Waals surface area contributed by atoms with E-state index < -0.39 is 5.76 Å². The van der Waals surface area contributed by atoms with Crippen LogP contribution in [-0.4, -0.2) is 27.7 Å². The molecule has 0 aliphatic heterocycles. The fraction of sp³-hybridized carbons (Fsp3) is 0.385. The van der Waals surface area contributed by atoms with Gasteiger partial charge in [-0.3, -0.25) is 9.36 Å². The summed E-state index contributed by atoms with van der Waals surface area (Å²) >= 11 is 0. The highest BCUT2D eigenvalue weighted by atomic mass is 16.4. The Morgan fingerprint density at radius 1 is 1.42 bits per heavy atom. The van der Waals surface area contributed by atoms with E-state index in [1.165, 1.54) is 4.57 Å². The van der Waals surface area contributed by atoms with E-state index >= 15 is 0 Å².